The minimum absolute atomic E-state index is 0.0441. The molecule has 0 aliphatic heterocycles. The Morgan fingerprint density at radius 2 is 1.74 bits per heavy atom. The second kappa shape index (κ2) is 12.7. The fourth-order valence-corrected chi connectivity index (χ4v) is 4.42. The van der Waals surface area contributed by atoms with Crippen molar-refractivity contribution in [3.05, 3.63) is 84.5 Å². The van der Waals surface area contributed by atoms with E-state index < -0.39 is 11.8 Å². The summed E-state index contributed by atoms with van der Waals surface area (Å²) >= 11 is 0. The van der Waals surface area contributed by atoms with E-state index in [2.05, 4.69) is 13.8 Å². The molecule has 184 valence electrons. The molecule has 0 heterocycles. The van der Waals surface area contributed by atoms with Gasteiger partial charge in [0, 0.05) is 25.0 Å². The first-order chi connectivity index (χ1) is 16.5. The van der Waals surface area contributed by atoms with Gasteiger partial charge in [0.2, 0.25) is 0 Å². The molecule has 0 fully saturated rings. The number of nitrogens with zero attached hydrogens (tertiary/aromatic N) is 1. The molecule has 1 aliphatic carbocycles. The molecule has 0 saturated carbocycles. The van der Waals surface area contributed by atoms with Crippen LogP contribution in [0.25, 0.3) is 0 Å². The van der Waals surface area contributed by atoms with Crippen molar-refractivity contribution in [2.75, 3.05) is 26.3 Å². The maximum Gasteiger partial charge on any atom is 0.144 e. The van der Waals surface area contributed by atoms with Crippen molar-refractivity contribution >= 4 is 0 Å². The van der Waals surface area contributed by atoms with Crippen LogP contribution in [0.1, 0.15) is 25.8 Å². The number of allylic oxidation sites excluding steroid dienone is 2. The van der Waals surface area contributed by atoms with Crippen molar-refractivity contribution in [2.45, 2.75) is 44.6 Å². The van der Waals surface area contributed by atoms with E-state index in [4.69, 9.17) is 15.2 Å². The van der Waals surface area contributed by atoms with Gasteiger partial charge in [-0.05, 0) is 55.7 Å². The highest BCUT2D eigenvalue weighted by atomic mass is 16.5. The lowest BCUT2D eigenvalue weighted by atomic mass is 9.85. The molecule has 6 heteroatoms. The molecule has 1 aliphatic rings. The van der Waals surface area contributed by atoms with Crippen LogP contribution < -0.4 is 15.2 Å². The van der Waals surface area contributed by atoms with E-state index in [0.29, 0.717) is 25.3 Å². The van der Waals surface area contributed by atoms with Gasteiger partial charge in [-0.15, -0.1) is 0 Å². The number of aliphatic hydroxyl groups excluding tert-OH is 1. The van der Waals surface area contributed by atoms with Crippen LogP contribution in [0.5, 0.6) is 11.5 Å². The van der Waals surface area contributed by atoms with Gasteiger partial charge in [-0.25, -0.2) is 0 Å². The lowest BCUT2D eigenvalue weighted by molar-refractivity contribution is -0.132. The quantitative estimate of drug-likeness (QED) is 0.392. The van der Waals surface area contributed by atoms with Crippen molar-refractivity contribution in [1.29, 1.82) is 0 Å². The summed E-state index contributed by atoms with van der Waals surface area (Å²) in [6.07, 6.45) is 8.45. The van der Waals surface area contributed by atoms with Gasteiger partial charge >= 0.3 is 0 Å². The number of rotatable bonds is 13. The first-order valence-corrected chi connectivity index (χ1v) is 12.1. The van der Waals surface area contributed by atoms with E-state index in [1.807, 2.05) is 83.8 Å². The molecule has 0 amide bonds. The standard InChI is InChI=1S/C28H38N2O4/c1-3-24-9-7-8-16-28(24,32)30(20-25(31)21-34-26-10-5-4-6-11-26)22(2)19-23-12-14-27(15-13-23)33-18-17-29/h4-16,22,24-25,31-32H,3,17-21,29H2,1-2H3/t22-,24-,25+,28?/m1/s1. The van der Waals surface area contributed by atoms with E-state index >= 15 is 0 Å². The Bertz CT molecular complexity index is 916. The van der Waals surface area contributed by atoms with Gasteiger partial charge in [-0.2, -0.15) is 0 Å². The summed E-state index contributed by atoms with van der Waals surface area (Å²) in [5.41, 5.74) is 5.44. The Morgan fingerprint density at radius 1 is 1.03 bits per heavy atom. The first-order valence-electron chi connectivity index (χ1n) is 12.1. The third-order valence-corrected chi connectivity index (χ3v) is 6.21. The van der Waals surface area contributed by atoms with Crippen LogP contribution in [0.2, 0.25) is 0 Å². The average molecular weight is 467 g/mol. The van der Waals surface area contributed by atoms with Crippen LogP contribution in [-0.4, -0.2) is 59.3 Å². The molecule has 0 aromatic heterocycles. The van der Waals surface area contributed by atoms with E-state index in [1.165, 1.54) is 0 Å². The van der Waals surface area contributed by atoms with Gasteiger partial charge in [-0.1, -0.05) is 55.5 Å². The highest BCUT2D eigenvalue weighted by Gasteiger charge is 2.42. The lowest BCUT2D eigenvalue weighted by Gasteiger charge is -2.47. The molecule has 2 aromatic rings. The van der Waals surface area contributed by atoms with Crippen LogP contribution >= 0.6 is 0 Å². The van der Waals surface area contributed by atoms with Crippen LogP contribution in [-0.2, 0) is 6.42 Å². The predicted octanol–water partition coefficient (Wildman–Crippen LogP) is 3.54. The Balaban J connectivity index is 1.74. The Morgan fingerprint density at radius 3 is 2.41 bits per heavy atom. The molecule has 4 N–H and O–H groups in total. The van der Waals surface area contributed by atoms with E-state index in [-0.39, 0.29) is 25.1 Å². The first kappa shape index (κ1) is 26.0. The highest BCUT2D eigenvalue weighted by molar-refractivity contribution is 5.28. The van der Waals surface area contributed by atoms with Crippen LogP contribution in [0.15, 0.2) is 78.9 Å². The zero-order valence-electron chi connectivity index (χ0n) is 20.2. The van der Waals surface area contributed by atoms with Gasteiger partial charge < -0.3 is 25.4 Å². The smallest absolute Gasteiger partial charge is 0.144 e. The predicted molar refractivity (Wildman–Crippen MR) is 136 cm³/mol. The monoisotopic (exact) mass is 466 g/mol. The van der Waals surface area contributed by atoms with Gasteiger partial charge in [0.1, 0.15) is 36.5 Å². The molecule has 4 atom stereocenters. The minimum atomic E-state index is -1.19. The van der Waals surface area contributed by atoms with E-state index in [1.54, 1.807) is 0 Å². The molecular weight excluding hydrogens is 428 g/mol. The van der Waals surface area contributed by atoms with Gasteiger partial charge in [0.15, 0.2) is 0 Å². The molecule has 3 rings (SSSR count). The molecule has 0 radical (unpaired) electrons. The number of para-hydroxylation sites is 1. The topological polar surface area (TPSA) is 88.2 Å². The largest absolute Gasteiger partial charge is 0.492 e. The number of aliphatic hydroxyl groups is 2. The van der Waals surface area contributed by atoms with Crippen LogP contribution in [0.3, 0.4) is 0 Å². The molecule has 0 saturated heterocycles. The molecule has 6 nitrogen and oxygen atoms in total. The van der Waals surface area contributed by atoms with Crippen LogP contribution in [0.4, 0.5) is 0 Å². The maximum absolute atomic E-state index is 11.8. The van der Waals surface area contributed by atoms with Gasteiger partial charge in [0.25, 0.3) is 0 Å². The number of ether oxygens (including phenoxy) is 2. The third-order valence-electron chi connectivity index (χ3n) is 6.21. The normalized spacial score (nSPS) is 21.4. The summed E-state index contributed by atoms with van der Waals surface area (Å²) in [5, 5.41) is 22.7. The fraction of sp³-hybridized carbons (Fsp3) is 0.429. The fourth-order valence-electron chi connectivity index (χ4n) is 4.42. The van der Waals surface area contributed by atoms with Crippen molar-refractivity contribution in [1.82, 2.24) is 4.90 Å². The maximum atomic E-state index is 11.8. The molecule has 1 unspecified atom stereocenters. The van der Waals surface area contributed by atoms with E-state index in [9.17, 15) is 10.2 Å². The zero-order valence-corrected chi connectivity index (χ0v) is 20.2. The van der Waals surface area contributed by atoms with E-state index in [0.717, 1.165) is 17.7 Å². The number of benzene rings is 2. The van der Waals surface area contributed by atoms with Gasteiger partial charge in [-0.3, -0.25) is 4.90 Å². The summed E-state index contributed by atoms with van der Waals surface area (Å²) in [7, 11) is 0. The summed E-state index contributed by atoms with van der Waals surface area (Å²) < 4.78 is 11.4. The molecule has 0 spiro atoms. The number of hydrogen-bond donors (Lipinski definition) is 3. The molecule has 34 heavy (non-hydrogen) atoms. The summed E-state index contributed by atoms with van der Waals surface area (Å²) in [6.45, 7) is 5.53. The SMILES string of the molecule is CC[C@@H]1C=CC=CC1(O)N(C[C@H](O)COc1ccccc1)[C@H](C)Cc1ccc(OCCN)cc1. The Labute approximate surface area is 203 Å². The number of hydrogen-bond acceptors (Lipinski definition) is 6. The van der Waals surface area contributed by atoms with Gasteiger partial charge in [0.05, 0.1) is 0 Å². The third kappa shape index (κ3) is 6.93. The summed E-state index contributed by atoms with van der Waals surface area (Å²) in [4.78, 5) is 2.00. The minimum Gasteiger partial charge on any atom is -0.492 e. The second-order valence-corrected chi connectivity index (χ2v) is 8.81. The summed E-state index contributed by atoms with van der Waals surface area (Å²) in [6, 6.07) is 17.4. The van der Waals surface area contributed by atoms with Crippen LogP contribution in [0, 0.1) is 5.92 Å². The van der Waals surface area contributed by atoms with Crippen molar-refractivity contribution in [2.24, 2.45) is 11.7 Å². The summed E-state index contributed by atoms with van der Waals surface area (Å²) in [5.74, 6) is 1.43. The van der Waals surface area contributed by atoms with Crippen molar-refractivity contribution < 1.29 is 19.7 Å². The Hall–Kier alpha value is -2.64. The highest BCUT2D eigenvalue weighted by Crippen LogP contribution is 2.33. The Kier molecular flexibility index (Phi) is 9.72. The van der Waals surface area contributed by atoms with Crippen molar-refractivity contribution in [3.8, 4) is 11.5 Å². The molecule has 2 aromatic carbocycles. The molecular formula is C28H38N2O4. The molecule has 0 bridgehead atoms. The van der Waals surface area contributed by atoms with Crippen molar-refractivity contribution in [3.63, 3.8) is 0 Å². The zero-order chi connectivity index (χ0) is 24.4. The lowest BCUT2D eigenvalue weighted by Crippen LogP contribution is -2.59. The second-order valence-electron chi connectivity index (χ2n) is 8.81. The average Bonchev–Trinajstić information content (AvgIpc) is 2.86. The number of nitrogens with two attached hydrogens (primary N) is 1.